The van der Waals surface area contributed by atoms with Gasteiger partial charge in [-0.3, -0.25) is 14.9 Å². The number of benzene rings is 2. The second-order valence-electron chi connectivity index (χ2n) is 6.29. The minimum Gasteiger partial charge on any atom is -0.487 e. The lowest BCUT2D eigenvalue weighted by Crippen LogP contribution is -2.24. The number of ether oxygens (including phenoxy) is 1. The highest BCUT2D eigenvalue weighted by molar-refractivity contribution is 5.95. The van der Waals surface area contributed by atoms with Crippen molar-refractivity contribution in [3.8, 4) is 5.75 Å². The number of hydrogen-bond acceptors (Lipinski definition) is 5. The van der Waals surface area contributed by atoms with E-state index in [-0.39, 0.29) is 22.9 Å². The van der Waals surface area contributed by atoms with Crippen LogP contribution in [0.15, 0.2) is 42.5 Å². The number of nitrogens with zero attached hydrogens (tertiary/aromatic N) is 2. The zero-order valence-electron chi connectivity index (χ0n) is 15.9. The molecule has 144 valence electrons. The van der Waals surface area contributed by atoms with Gasteiger partial charge in [0.1, 0.15) is 0 Å². The third-order valence-corrected chi connectivity index (χ3v) is 4.10. The smallest absolute Gasteiger partial charge is 0.311 e. The average molecular weight is 371 g/mol. The maximum Gasteiger partial charge on any atom is 0.311 e. The van der Waals surface area contributed by atoms with Crippen molar-refractivity contribution in [1.82, 2.24) is 5.32 Å². The molecule has 0 aliphatic carbocycles. The highest BCUT2D eigenvalue weighted by Crippen LogP contribution is 2.27. The molecule has 0 aliphatic heterocycles. The first kappa shape index (κ1) is 20.2. The third-order valence-electron chi connectivity index (χ3n) is 4.10. The zero-order chi connectivity index (χ0) is 19.8. The van der Waals surface area contributed by atoms with Gasteiger partial charge in [-0.05, 0) is 49.6 Å². The van der Waals surface area contributed by atoms with Crippen molar-refractivity contribution in [2.75, 3.05) is 32.1 Å². The maximum absolute atomic E-state index is 12.2. The minimum atomic E-state index is -0.542. The predicted molar refractivity (Wildman–Crippen MR) is 106 cm³/mol. The molecule has 0 unspecified atom stereocenters. The molecule has 1 N–H and O–H groups in total. The van der Waals surface area contributed by atoms with E-state index < -0.39 is 4.92 Å². The second-order valence-corrected chi connectivity index (χ2v) is 6.29. The normalized spacial score (nSPS) is 10.3. The van der Waals surface area contributed by atoms with Crippen LogP contribution in [0.5, 0.6) is 5.75 Å². The fourth-order valence-corrected chi connectivity index (χ4v) is 2.64. The van der Waals surface area contributed by atoms with Crippen LogP contribution < -0.4 is 15.0 Å². The summed E-state index contributed by atoms with van der Waals surface area (Å²) in [6, 6.07) is 12.5. The topological polar surface area (TPSA) is 84.7 Å². The van der Waals surface area contributed by atoms with Gasteiger partial charge in [0.2, 0.25) is 0 Å². The van der Waals surface area contributed by atoms with Crippen LogP contribution in [0.25, 0.3) is 0 Å². The van der Waals surface area contributed by atoms with E-state index in [1.807, 2.05) is 19.0 Å². The fourth-order valence-electron chi connectivity index (χ4n) is 2.64. The molecule has 1 amide bonds. The van der Waals surface area contributed by atoms with Crippen molar-refractivity contribution in [2.24, 2.45) is 0 Å². The van der Waals surface area contributed by atoms with Gasteiger partial charge < -0.3 is 15.0 Å². The first-order valence-electron chi connectivity index (χ1n) is 8.88. The monoisotopic (exact) mass is 371 g/mol. The third kappa shape index (κ3) is 5.70. The Labute approximate surface area is 159 Å². The van der Waals surface area contributed by atoms with Gasteiger partial charge in [-0.1, -0.05) is 12.1 Å². The molecular formula is C20H25N3O4. The molecule has 0 saturated heterocycles. The van der Waals surface area contributed by atoms with Gasteiger partial charge in [-0.25, -0.2) is 0 Å². The van der Waals surface area contributed by atoms with Crippen molar-refractivity contribution in [2.45, 2.75) is 19.8 Å². The number of amides is 1. The molecule has 0 saturated carbocycles. The molecular weight excluding hydrogens is 346 g/mol. The molecule has 0 heterocycles. The molecule has 2 aromatic carbocycles. The molecule has 0 atom stereocenters. The van der Waals surface area contributed by atoms with Crippen LogP contribution in [0.1, 0.15) is 29.3 Å². The molecule has 2 aromatic rings. The van der Waals surface area contributed by atoms with Crippen molar-refractivity contribution < 1.29 is 14.5 Å². The number of rotatable bonds is 9. The van der Waals surface area contributed by atoms with Gasteiger partial charge in [0.25, 0.3) is 5.91 Å². The lowest BCUT2D eigenvalue weighted by Gasteiger charge is -2.12. The lowest BCUT2D eigenvalue weighted by atomic mass is 10.1. The van der Waals surface area contributed by atoms with E-state index in [0.29, 0.717) is 13.2 Å². The number of nitro groups is 1. The summed E-state index contributed by atoms with van der Waals surface area (Å²) in [7, 11) is 3.99. The lowest BCUT2D eigenvalue weighted by molar-refractivity contribution is -0.385. The Morgan fingerprint density at radius 3 is 2.48 bits per heavy atom. The fraction of sp³-hybridized carbons (Fsp3) is 0.350. The Morgan fingerprint density at radius 2 is 1.89 bits per heavy atom. The van der Waals surface area contributed by atoms with Crippen molar-refractivity contribution in [3.63, 3.8) is 0 Å². The summed E-state index contributed by atoms with van der Waals surface area (Å²) >= 11 is 0. The Morgan fingerprint density at radius 1 is 1.19 bits per heavy atom. The SMILES string of the molecule is CCOc1ccc(C(=O)NCCCc2ccc(N(C)C)cc2)cc1[N+](=O)[O-]. The first-order chi connectivity index (χ1) is 12.9. The maximum atomic E-state index is 12.2. The number of carbonyl (C=O) groups excluding carboxylic acids is 1. The molecule has 0 aromatic heterocycles. The quantitative estimate of drug-likeness (QED) is 0.415. The average Bonchev–Trinajstić information content (AvgIpc) is 2.65. The van der Waals surface area contributed by atoms with Crippen molar-refractivity contribution in [1.29, 1.82) is 0 Å². The molecule has 0 radical (unpaired) electrons. The van der Waals surface area contributed by atoms with Crippen LogP contribution >= 0.6 is 0 Å². The minimum absolute atomic E-state index is 0.167. The van der Waals surface area contributed by atoms with E-state index >= 15 is 0 Å². The molecule has 0 spiro atoms. The van der Waals surface area contributed by atoms with Gasteiger partial charge >= 0.3 is 5.69 Å². The van der Waals surface area contributed by atoms with E-state index in [0.717, 1.165) is 18.5 Å². The summed E-state index contributed by atoms with van der Waals surface area (Å²) in [5.41, 5.74) is 2.39. The van der Waals surface area contributed by atoms with E-state index in [9.17, 15) is 14.9 Å². The van der Waals surface area contributed by atoms with Gasteiger partial charge in [0, 0.05) is 38.0 Å². The van der Waals surface area contributed by atoms with Crippen LogP contribution in [0, 0.1) is 10.1 Å². The van der Waals surface area contributed by atoms with Gasteiger partial charge in [-0.15, -0.1) is 0 Å². The van der Waals surface area contributed by atoms with Crippen LogP contribution in [-0.4, -0.2) is 38.1 Å². The number of carbonyl (C=O) groups is 1. The summed E-state index contributed by atoms with van der Waals surface area (Å²) < 4.78 is 5.23. The number of anilines is 1. The molecule has 27 heavy (non-hydrogen) atoms. The molecule has 0 bridgehead atoms. The Kier molecular flexibility index (Phi) is 7.16. The largest absolute Gasteiger partial charge is 0.487 e. The standard InChI is InChI=1S/C20H25N3O4/c1-4-27-19-12-9-16(14-18(19)23(25)26)20(24)21-13-5-6-15-7-10-17(11-8-15)22(2)3/h7-12,14H,4-6,13H2,1-3H3,(H,21,24). The Bertz CT molecular complexity index is 788. The summed E-state index contributed by atoms with van der Waals surface area (Å²) in [6.45, 7) is 2.57. The molecule has 0 fully saturated rings. The molecule has 7 heteroatoms. The van der Waals surface area contributed by atoms with E-state index in [1.54, 1.807) is 6.92 Å². The van der Waals surface area contributed by atoms with Crippen LogP contribution in [0.2, 0.25) is 0 Å². The van der Waals surface area contributed by atoms with Crippen LogP contribution in [0.3, 0.4) is 0 Å². The van der Waals surface area contributed by atoms with E-state index in [4.69, 9.17) is 4.74 Å². The van der Waals surface area contributed by atoms with Crippen molar-refractivity contribution in [3.05, 3.63) is 63.7 Å². The van der Waals surface area contributed by atoms with Gasteiger partial charge in [-0.2, -0.15) is 0 Å². The van der Waals surface area contributed by atoms with Crippen LogP contribution in [-0.2, 0) is 6.42 Å². The van der Waals surface area contributed by atoms with Crippen LogP contribution in [0.4, 0.5) is 11.4 Å². The highest BCUT2D eigenvalue weighted by atomic mass is 16.6. The zero-order valence-corrected chi connectivity index (χ0v) is 15.9. The van der Waals surface area contributed by atoms with Crippen molar-refractivity contribution >= 4 is 17.3 Å². The molecule has 0 aliphatic rings. The predicted octanol–water partition coefficient (Wildman–Crippen LogP) is 3.42. The number of hydrogen-bond donors (Lipinski definition) is 1. The summed E-state index contributed by atoms with van der Waals surface area (Å²) in [5, 5.41) is 14.0. The summed E-state index contributed by atoms with van der Waals surface area (Å²) in [6.07, 6.45) is 1.63. The van der Waals surface area contributed by atoms with E-state index in [1.165, 1.54) is 23.8 Å². The van der Waals surface area contributed by atoms with Gasteiger partial charge in [0.15, 0.2) is 5.75 Å². The summed E-state index contributed by atoms with van der Waals surface area (Å²) in [4.78, 5) is 24.9. The number of nitro benzene ring substituents is 1. The van der Waals surface area contributed by atoms with Gasteiger partial charge in [0.05, 0.1) is 11.5 Å². The Balaban J connectivity index is 1.88. The summed E-state index contributed by atoms with van der Waals surface area (Å²) in [5.74, 6) is -0.163. The highest BCUT2D eigenvalue weighted by Gasteiger charge is 2.18. The Hall–Kier alpha value is -3.09. The number of nitrogens with one attached hydrogen (secondary N) is 1. The number of aryl methyl sites for hydroxylation is 1. The first-order valence-corrected chi connectivity index (χ1v) is 8.88. The van der Waals surface area contributed by atoms with E-state index in [2.05, 4.69) is 29.6 Å². The second kappa shape index (κ2) is 9.56. The molecule has 2 rings (SSSR count). The molecule has 7 nitrogen and oxygen atoms in total.